The number of furan rings is 1. The van der Waals surface area contributed by atoms with Gasteiger partial charge in [-0.05, 0) is 60.7 Å². The normalized spacial score (nSPS) is 11.6. The fraction of sp³-hybridized carbons (Fsp3) is 0. The summed E-state index contributed by atoms with van der Waals surface area (Å²) < 4.78 is 11.5. The Balaban J connectivity index is 1.10. The maximum atomic E-state index is 10.8. The molecule has 0 atom stereocenters. The molecule has 0 fully saturated rings. The minimum atomic E-state index is 0.249. The van der Waals surface area contributed by atoms with Gasteiger partial charge < -0.3 is 13.6 Å². The Labute approximate surface area is 348 Å². The number of hydrogen-bond donors (Lipinski definition) is 0. The lowest BCUT2D eigenvalue weighted by Crippen LogP contribution is -2.04. The van der Waals surface area contributed by atoms with Gasteiger partial charge in [0.2, 0.25) is 0 Å². The van der Waals surface area contributed by atoms with E-state index >= 15 is 0 Å². The molecular weight excluding hydrogens is 751 g/mol. The van der Waals surface area contributed by atoms with Gasteiger partial charge in [0, 0.05) is 44.0 Å². The number of nitrogens with zero attached hydrogens (tertiary/aromatic N) is 7. The average molecular weight is 780 g/mol. The molecule has 0 unspecified atom stereocenters. The van der Waals surface area contributed by atoms with Gasteiger partial charge in [0.25, 0.3) is 0 Å². The van der Waals surface area contributed by atoms with Gasteiger partial charge in [-0.25, -0.2) is 15.0 Å². The number of benzene rings is 8. The highest BCUT2D eigenvalue weighted by Gasteiger charge is 2.25. The van der Waals surface area contributed by atoms with E-state index in [9.17, 15) is 10.5 Å². The number of aromatic nitrogens is 5. The maximum Gasteiger partial charge on any atom is 0.166 e. The lowest BCUT2D eigenvalue weighted by atomic mass is 9.99. The van der Waals surface area contributed by atoms with Crippen molar-refractivity contribution in [2.24, 2.45) is 0 Å². The molecule has 8 aromatic carbocycles. The second-order valence-corrected chi connectivity index (χ2v) is 15.0. The van der Waals surface area contributed by atoms with Crippen LogP contribution in [-0.2, 0) is 0 Å². The van der Waals surface area contributed by atoms with Crippen LogP contribution in [-0.4, -0.2) is 24.1 Å². The van der Waals surface area contributed by atoms with Crippen molar-refractivity contribution in [2.75, 3.05) is 0 Å². The highest BCUT2D eigenvalue weighted by molar-refractivity contribution is 6.29. The van der Waals surface area contributed by atoms with Crippen LogP contribution in [0, 0.1) is 22.7 Å². The predicted molar refractivity (Wildman–Crippen MR) is 242 cm³/mol. The first-order chi connectivity index (χ1) is 30.2. The van der Waals surface area contributed by atoms with Crippen LogP contribution in [0.2, 0.25) is 0 Å². The lowest BCUT2D eigenvalue weighted by Gasteiger charge is -2.14. The van der Waals surface area contributed by atoms with Gasteiger partial charge in [-0.1, -0.05) is 115 Å². The molecule has 4 aromatic heterocycles. The van der Waals surface area contributed by atoms with Gasteiger partial charge in [0.1, 0.15) is 23.3 Å². The fourth-order valence-electron chi connectivity index (χ4n) is 9.02. The van der Waals surface area contributed by atoms with Crippen molar-refractivity contribution < 1.29 is 4.42 Å². The van der Waals surface area contributed by atoms with Crippen molar-refractivity contribution in [1.82, 2.24) is 24.1 Å². The van der Waals surface area contributed by atoms with Crippen molar-refractivity contribution in [3.63, 3.8) is 0 Å². The van der Waals surface area contributed by atoms with E-state index in [1.165, 1.54) is 0 Å². The van der Waals surface area contributed by atoms with E-state index in [1.807, 2.05) is 91.0 Å². The molecule has 4 heterocycles. The quantitative estimate of drug-likeness (QED) is 0.172. The predicted octanol–water partition coefficient (Wildman–Crippen LogP) is 12.7. The van der Waals surface area contributed by atoms with Crippen LogP contribution >= 0.6 is 0 Å². The zero-order valence-corrected chi connectivity index (χ0v) is 32.3. The second-order valence-electron chi connectivity index (χ2n) is 15.0. The molecule has 0 amide bonds. The summed E-state index contributed by atoms with van der Waals surface area (Å²) in [4.78, 5) is 14.6. The van der Waals surface area contributed by atoms with Crippen LogP contribution < -0.4 is 0 Å². The van der Waals surface area contributed by atoms with E-state index in [0.717, 1.165) is 82.4 Å². The Morgan fingerprint density at radius 3 is 1.31 bits per heavy atom. The van der Waals surface area contributed by atoms with E-state index in [-0.39, 0.29) is 17.0 Å². The molecule has 0 N–H and O–H groups in total. The Morgan fingerprint density at radius 1 is 0.393 bits per heavy atom. The van der Waals surface area contributed by atoms with Gasteiger partial charge in [0.05, 0.1) is 49.5 Å². The molecule has 8 nitrogen and oxygen atoms in total. The summed E-state index contributed by atoms with van der Waals surface area (Å²) in [7, 11) is 0. The molecule has 0 spiro atoms. The fourth-order valence-corrected chi connectivity index (χ4v) is 9.02. The van der Waals surface area contributed by atoms with E-state index in [0.29, 0.717) is 22.9 Å². The van der Waals surface area contributed by atoms with Crippen molar-refractivity contribution in [2.45, 2.75) is 0 Å². The molecule has 8 heteroatoms. The standard InChI is InChI=1S/C53H29N7O/c54-30-34-28-37(29-35(31-55)46(34)53-57-51(32-14-4-1-5-15-32)56-52(58-53)33-16-6-2-7-17-33)60-43-23-13-11-21-41(43)48-45(60)27-25-39-38-24-26-44-47(49(38)61-50(39)48)40-20-10-12-22-42(40)59(44)36-18-8-3-9-19-36/h1-29H. The minimum Gasteiger partial charge on any atom is -0.455 e. The maximum absolute atomic E-state index is 10.8. The molecule has 0 aliphatic carbocycles. The second kappa shape index (κ2) is 13.4. The van der Waals surface area contributed by atoms with Crippen LogP contribution in [0.15, 0.2) is 180 Å². The first-order valence-corrected chi connectivity index (χ1v) is 19.9. The van der Waals surface area contributed by atoms with E-state index in [4.69, 9.17) is 19.4 Å². The molecule has 0 bridgehead atoms. The van der Waals surface area contributed by atoms with Gasteiger partial charge in [-0.15, -0.1) is 0 Å². The molecule has 0 radical (unpaired) electrons. The first-order valence-electron chi connectivity index (χ1n) is 19.9. The van der Waals surface area contributed by atoms with Crippen molar-refractivity contribution in [1.29, 1.82) is 10.5 Å². The molecule has 0 saturated carbocycles. The average Bonchev–Trinajstić information content (AvgIpc) is 3.99. The third kappa shape index (κ3) is 5.13. The lowest BCUT2D eigenvalue weighted by molar-refractivity contribution is 0.677. The minimum absolute atomic E-state index is 0.249. The molecule has 0 saturated heterocycles. The summed E-state index contributed by atoms with van der Waals surface area (Å²) in [6.45, 7) is 0. The largest absolute Gasteiger partial charge is 0.455 e. The highest BCUT2D eigenvalue weighted by atomic mass is 16.3. The molecular formula is C53H29N7O. The summed E-state index contributed by atoms with van der Waals surface area (Å²) in [6, 6.07) is 63.4. The topological polar surface area (TPSA) is 109 Å². The summed E-state index contributed by atoms with van der Waals surface area (Å²) in [5.41, 5.74) is 9.78. The highest BCUT2D eigenvalue weighted by Crippen LogP contribution is 2.45. The number of nitriles is 2. The SMILES string of the molecule is N#Cc1cc(-n2c3ccccc3c3c4oc5c(ccc6c5c5ccccc5n6-c5ccccc5)c4ccc32)cc(C#N)c1-c1nc(-c2ccccc2)nc(-c2ccccc2)n1. The van der Waals surface area contributed by atoms with Crippen LogP contribution in [0.1, 0.15) is 11.1 Å². The van der Waals surface area contributed by atoms with Crippen LogP contribution in [0.3, 0.4) is 0 Å². The number of hydrogen-bond acceptors (Lipinski definition) is 6. The van der Waals surface area contributed by atoms with E-state index < -0.39 is 0 Å². The summed E-state index contributed by atoms with van der Waals surface area (Å²) in [5, 5.41) is 27.8. The van der Waals surface area contributed by atoms with Gasteiger partial charge >= 0.3 is 0 Å². The van der Waals surface area contributed by atoms with E-state index in [1.54, 1.807) is 0 Å². The Morgan fingerprint density at radius 2 is 0.820 bits per heavy atom. The number of rotatable bonds is 5. The Kier molecular flexibility index (Phi) is 7.49. The Bertz CT molecular complexity index is 3740. The van der Waals surface area contributed by atoms with Crippen LogP contribution in [0.5, 0.6) is 0 Å². The van der Waals surface area contributed by atoms with Crippen molar-refractivity contribution >= 4 is 65.6 Å². The molecule has 0 aliphatic rings. The zero-order chi connectivity index (χ0) is 40.6. The number of para-hydroxylation sites is 3. The molecule has 61 heavy (non-hydrogen) atoms. The monoisotopic (exact) mass is 779 g/mol. The number of fused-ring (bicyclic) bond motifs is 11. The summed E-state index contributed by atoms with van der Waals surface area (Å²) in [5.74, 6) is 1.14. The summed E-state index contributed by atoms with van der Waals surface area (Å²) in [6.07, 6.45) is 0. The van der Waals surface area contributed by atoms with Gasteiger partial charge in [-0.2, -0.15) is 10.5 Å². The molecule has 12 rings (SSSR count). The Hall–Kier alpha value is -8.85. The molecule has 0 aliphatic heterocycles. The molecule has 12 aromatic rings. The third-order valence-corrected chi connectivity index (χ3v) is 11.6. The molecule has 282 valence electrons. The van der Waals surface area contributed by atoms with Crippen LogP contribution in [0.25, 0.3) is 111 Å². The van der Waals surface area contributed by atoms with Crippen LogP contribution in [0.4, 0.5) is 0 Å². The van der Waals surface area contributed by atoms with Crippen molar-refractivity contribution in [3.8, 4) is 57.7 Å². The van der Waals surface area contributed by atoms with E-state index in [2.05, 4.69) is 106 Å². The summed E-state index contributed by atoms with van der Waals surface area (Å²) >= 11 is 0. The van der Waals surface area contributed by atoms with Gasteiger partial charge in [0.15, 0.2) is 17.5 Å². The van der Waals surface area contributed by atoms with Gasteiger partial charge in [-0.3, -0.25) is 0 Å². The zero-order valence-electron chi connectivity index (χ0n) is 32.3. The third-order valence-electron chi connectivity index (χ3n) is 11.6. The first kappa shape index (κ1) is 34.2. The van der Waals surface area contributed by atoms with Crippen molar-refractivity contribution in [3.05, 3.63) is 187 Å². The smallest absolute Gasteiger partial charge is 0.166 e.